The smallest absolute Gasteiger partial charge is 0.157 e. The number of fused-ring (bicyclic) bond motifs is 1. The standard InChI is InChI=1S/C7H6N4/c1-2-10-7-6(5-8-1)9-3-4-11-7/h1-5H,(H,10,11). The van der Waals surface area contributed by atoms with Crippen LogP contribution in [0, 0.1) is 0 Å². The monoisotopic (exact) mass is 146 g/mol. The number of nitrogens with one attached hydrogen (secondary N) is 1. The van der Waals surface area contributed by atoms with Crippen LogP contribution in [0.5, 0.6) is 0 Å². The topological polar surface area (TPSA) is 50.2 Å². The molecule has 0 saturated carbocycles. The van der Waals surface area contributed by atoms with E-state index in [1.165, 1.54) is 0 Å². The van der Waals surface area contributed by atoms with Crippen LogP contribution in [0.3, 0.4) is 0 Å². The van der Waals surface area contributed by atoms with Crippen molar-refractivity contribution in [2.75, 3.05) is 5.32 Å². The maximum Gasteiger partial charge on any atom is 0.157 e. The minimum absolute atomic E-state index is 0.741. The first-order chi connectivity index (χ1) is 5.47. The number of hydrogen-bond donors (Lipinski definition) is 1. The van der Waals surface area contributed by atoms with E-state index in [-0.39, 0.29) is 0 Å². The molecule has 4 heteroatoms. The lowest BCUT2D eigenvalue weighted by Gasteiger charge is -1.98. The highest BCUT2D eigenvalue weighted by Crippen LogP contribution is 2.07. The third-order valence-corrected chi connectivity index (χ3v) is 1.30. The highest BCUT2D eigenvalue weighted by Gasteiger charge is 2.00. The van der Waals surface area contributed by atoms with Crippen molar-refractivity contribution in [2.45, 2.75) is 0 Å². The van der Waals surface area contributed by atoms with Gasteiger partial charge in [-0.15, -0.1) is 0 Å². The van der Waals surface area contributed by atoms with Crippen LogP contribution in [-0.4, -0.2) is 16.2 Å². The van der Waals surface area contributed by atoms with Crippen molar-refractivity contribution in [3.05, 3.63) is 30.5 Å². The number of anilines is 1. The van der Waals surface area contributed by atoms with Gasteiger partial charge < -0.3 is 5.32 Å². The molecule has 0 atom stereocenters. The number of nitrogens with zero attached hydrogens (tertiary/aromatic N) is 3. The fourth-order valence-electron chi connectivity index (χ4n) is 0.827. The van der Waals surface area contributed by atoms with Gasteiger partial charge >= 0.3 is 0 Å². The van der Waals surface area contributed by atoms with Crippen LogP contribution in [0.4, 0.5) is 5.82 Å². The van der Waals surface area contributed by atoms with E-state index in [4.69, 9.17) is 0 Å². The fraction of sp³-hybridized carbons (Fsp3) is 0. The normalized spacial score (nSPS) is 13.5. The Kier molecular flexibility index (Phi) is 1.37. The zero-order valence-electron chi connectivity index (χ0n) is 5.73. The molecule has 0 unspecified atom stereocenters. The molecule has 0 bridgehead atoms. The van der Waals surface area contributed by atoms with E-state index >= 15 is 0 Å². The fourth-order valence-corrected chi connectivity index (χ4v) is 0.827. The Morgan fingerprint density at radius 3 is 3.09 bits per heavy atom. The molecule has 0 spiro atoms. The van der Waals surface area contributed by atoms with Gasteiger partial charge in [-0.25, -0.2) is 9.97 Å². The first kappa shape index (κ1) is 6.03. The Labute approximate surface area is 63.7 Å². The summed E-state index contributed by atoms with van der Waals surface area (Å²) in [5, 5.41) is 2.95. The summed E-state index contributed by atoms with van der Waals surface area (Å²) >= 11 is 0. The number of rotatable bonds is 0. The zero-order chi connectivity index (χ0) is 7.52. The number of aliphatic imine (C=N–C) groups is 1. The van der Waals surface area contributed by atoms with Crippen molar-refractivity contribution < 1.29 is 0 Å². The average Bonchev–Trinajstić information content (AvgIpc) is 2.28. The second-order valence-electron chi connectivity index (χ2n) is 2.03. The summed E-state index contributed by atoms with van der Waals surface area (Å²) in [4.78, 5) is 12.1. The predicted octanol–water partition coefficient (Wildman–Crippen LogP) is 0.792. The van der Waals surface area contributed by atoms with Gasteiger partial charge in [0, 0.05) is 24.8 Å². The van der Waals surface area contributed by atoms with Gasteiger partial charge in [0.2, 0.25) is 0 Å². The summed E-state index contributed by atoms with van der Waals surface area (Å²) in [6, 6.07) is 0. The summed E-state index contributed by atoms with van der Waals surface area (Å²) in [7, 11) is 0. The molecule has 11 heavy (non-hydrogen) atoms. The molecule has 0 aromatic carbocycles. The van der Waals surface area contributed by atoms with E-state index in [0.29, 0.717) is 0 Å². The molecule has 1 aliphatic rings. The van der Waals surface area contributed by atoms with Crippen molar-refractivity contribution in [1.29, 1.82) is 0 Å². The van der Waals surface area contributed by atoms with Crippen LogP contribution >= 0.6 is 0 Å². The first-order valence-electron chi connectivity index (χ1n) is 3.22. The van der Waals surface area contributed by atoms with E-state index in [2.05, 4.69) is 20.3 Å². The molecular formula is C7H6N4. The van der Waals surface area contributed by atoms with E-state index in [0.717, 1.165) is 11.5 Å². The lowest BCUT2D eigenvalue weighted by molar-refractivity contribution is 1.19. The summed E-state index contributed by atoms with van der Waals surface area (Å²) in [6.07, 6.45) is 8.32. The van der Waals surface area contributed by atoms with Crippen LogP contribution in [0.15, 0.2) is 29.8 Å². The van der Waals surface area contributed by atoms with E-state index in [9.17, 15) is 0 Å². The summed E-state index contributed by atoms with van der Waals surface area (Å²) in [6.45, 7) is 0. The molecule has 1 N–H and O–H groups in total. The van der Waals surface area contributed by atoms with Gasteiger partial charge in [0.1, 0.15) is 5.69 Å². The molecule has 1 aromatic heterocycles. The van der Waals surface area contributed by atoms with Gasteiger partial charge in [-0.2, -0.15) is 0 Å². The Morgan fingerprint density at radius 2 is 2.09 bits per heavy atom. The minimum atomic E-state index is 0.741. The Balaban J connectivity index is 2.52. The van der Waals surface area contributed by atoms with Crippen molar-refractivity contribution in [3.63, 3.8) is 0 Å². The van der Waals surface area contributed by atoms with E-state index < -0.39 is 0 Å². The summed E-state index contributed by atoms with van der Waals surface area (Å²) in [5.74, 6) is 0.741. The third kappa shape index (κ3) is 1.10. The molecular weight excluding hydrogens is 140 g/mol. The van der Waals surface area contributed by atoms with Crippen LogP contribution < -0.4 is 5.32 Å². The molecule has 1 aromatic rings. The Hall–Kier alpha value is -1.71. The van der Waals surface area contributed by atoms with Gasteiger partial charge in [0.15, 0.2) is 5.82 Å². The summed E-state index contributed by atoms with van der Waals surface area (Å²) in [5.41, 5.74) is 0.762. The van der Waals surface area contributed by atoms with Gasteiger partial charge in [-0.3, -0.25) is 4.99 Å². The molecule has 0 aliphatic carbocycles. The van der Waals surface area contributed by atoms with Gasteiger partial charge in [-0.1, -0.05) is 0 Å². The molecule has 0 saturated heterocycles. The van der Waals surface area contributed by atoms with Crippen LogP contribution in [0.2, 0.25) is 0 Å². The Bertz CT molecular complexity index is 316. The molecule has 0 radical (unpaired) electrons. The summed E-state index contributed by atoms with van der Waals surface area (Å²) < 4.78 is 0. The SMILES string of the molecule is C1=CNc2nccnc2C=N1. The molecule has 0 amide bonds. The molecule has 0 fully saturated rings. The first-order valence-corrected chi connectivity index (χ1v) is 3.22. The van der Waals surface area contributed by atoms with E-state index in [1.54, 1.807) is 31.0 Å². The second kappa shape index (κ2) is 2.49. The van der Waals surface area contributed by atoms with Crippen LogP contribution in [0.1, 0.15) is 5.69 Å². The highest BCUT2D eigenvalue weighted by molar-refractivity contribution is 5.84. The second-order valence-corrected chi connectivity index (χ2v) is 2.03. The molecule has 4 nitrogen and oxygen atoms in total. The minimum Gasteiger partial charge on any atom is -0.343 e. The van der Waals surface area contributed by atoms with Crippen molar-refractivity contribution >= 4 is 12.0 Å². The quantitative estimate of drug-likeness (QED) is 0.588. The average molecular weight is 146 g/mol. The van der Waals surface area contributed by atoms with Gasteiger partial charge in [0.25, 0.3) is 0 Å². The largest absolute Gasteiger partial charge is 0.343 e. The van der Waals surface area contributed by atoms with E-state index in [1.807, 2.05) is 0 Å². The zero-order valence-corrected chi connectivity index (χ0v) is 5.73. The molecule has 2 heterocycles. The van der Waals surface area contributed by atoms with Crippen LogP contribution in [0.25, 0.3) is 0 Å². The highest BCUT2D eigenvalue weighted by atomic mass is 15.0. The molecule has 54 valence electrons. The number of hydrogen-bond acceptors (Lipinski definition) is 4. The number of aromatic nitrogens is 2. The van der Waals surface area contributed by atoms with Gasteiger partial charge in [-0.05, 0) is 0 Å². The van der Waals surface area contributed by atoms with Gasteiger partial charge in [0.05, 0.1) is 6.21 Å². The maximum atomic E-state index is 4.06. The Morgan fingerprint density at radius 1 is 1.18 bits per heavy atom. The lowest BCUT2D eigenvalue weighted by Crippen LogP contribution is -1.97. The third-order valence-electron chi connectivity index (χ3n) is 1.30. The van der Waals surface area contributed by atoms with Crippen molar-refractivity contribution in [1.82, 2.24) is 9.97 Å². The predicted molar refractivity (Wildman–Crippen MR) is 42.4 cm³/mol. The van der Waals surface area contributed by atoms with Crippen molar-refractivity contribution in [3.8, 4) is 0 Å². The maximum absolute atomic E-state index is 4.06. The van der Waals surface area contributed by atoms with Crippen molar-refractivity contribution in [2.24, 2.45) is 4.99 Å². The lowest BCUT2D eigenvalue weighted by atomic mass is 10.4. The molecule has 2 rings (SSSR count). The molecule has 1 aliphatic heterocycles. The van der Waals surface area contributed by atoms with Crippen LogP contribution in [-0.2, 0) is 0 Å².